The maximum Gasteiger partial charge on any atom is 0.123 e. The van der Waals surface area contributed by atoms with Gasteiger partial charge in [-0.25, -0.2) is 4.39 Å². The van der Waals surface area contributed by atoms with Crippen molar-refractivity contribution < 1.29 is 4.39 Å². The molecule has 1 aromatic rings. The van der Waals surface area contributed by atoms with Crippen LogP contribution in [0.3, 0.4) is 0 Å². The van der Waals surface area contributed by atoms with Crippen molar-refractivity contribution in [3.05, 3.63) is 34.1 Å². The highest BCUT2D eigenvalue weighted by Gasteiger charge is 2.40. The lowest BCUT2D eigenvalue weighted by molar-refractivity contribution is 0.268. The third-order valence-corrected chi connectivity index (χ3v) is 5.02. The summed E-state index contributed by atoms with van der Waals surface area (Å²) in [5, 5.41) is 3.46. The highest BCUT2D eigenvalue weighted by atomic mass is 79.9. The van der Waals surface area contributed by atoms with Crippen LogP contribution in [0.25, 0.3) is 0 Å². The summed E-state index contributed by atoms with van der Waals surface area (Å²) < 4.78 is 14.3. The first-order valence-corrected chi connectivity index (χ1v) is 7.33. The van der Waals surface area contributed by atoms with Gasteiger partial charge in [-0.15, -0.1) is 12.4 Å². The highest BCUT2D eigenvalue weighted by Crippen LogP contribution is 2.37. The summed E-state index contributed by atoms with van der Waals surface area (Å²) in [4.78, 5) is 2.45. The van der Waals surface area contributed by atoms with Gasteiger partial charge in [0, 0.05) is 24.1 Å². The fourth-order valence-electron chi connectivity index (χ4n) is 3.21. The predicted octanol–water partition coefficient (Wildman–Crippen LogP) is 3.20. The van der Waals surface area contributed by atoms with E-state index in [0.717, 1.165) is 42.8 Å². The van der Waals surface area contributed by atoms with Gasteiger partial charge < -0.3 is 5.32 Å². The number of hydrogen-bond acceptors (Lipinski definition) is 2. The second-order valence-electron chi connectivity index (χ2n) is 5.62. The second-order valence-corrected chi connectivity index (χ2v) is 6.48. The van der Waals surface area contributed by atoms with Crippen LogP contribution in [0.2, 0.25) is 0 Å². The van der Waals surface area contributed by atoms with Crippen LogP contribution in [0, 0.1) is 11.2 Å². The van der Waals surface area contributed by atoms with Crippen molar-refractivity contribution in [2.45, 2.75) is 19.4 Å². The van der Waals surface area contributed by atoms with Crippen LogP contribution in [0.5, 0.6) is 0 Å². The van der Waals surface area contributed by atoms with Gasteiger partial charge in [0.2, 0.25) is 0 Å². The topological polar surface area (TPSA) is 15.3 Å². The van der Waals surface area contributed by atoms with Crippen LogP contribution in [0.15, 0.2) is 22.7 Å². The molecule has 1 atom stereocenters. The van der Waals surface area contributed by atoms with Crippen LogP contribution in [-0.2, 0) is 6.54 Å². The Morgan fingerprint density at radius 1 is 1.37 bits per heavy atom. The monoisotopic (exact) mass is 348 g/mol. The fourth-order valence-corrected chi connectivity index (χ4v) is 3.58. The minimum absolute atomic E-state index is 0. The molecule has 0 aliphatic carbocycles. The summed E-state index contributed by atoms with van der Waals surface area (Å²) in [6.07, 6.45) is 2.56. The van der Waals surface area contributed by atoms with E-state index in [1.54, 1.807) is 12.1 Å². The number of hydrogen-bond donors (Lipinski definition) is 1. The number of halogens is 3. The molecule has 2 aliphatic rings. The van der Waals surface area contributed by atoms with E-state index < -0.39 is 0 Å². The second kappa shape index (κ2) is 6.08. The number of nitrogens with one attached hydrogen (secondary N) is 1. The van der Waals surface area contributed by atoms with E-state index in [4.69, 9.17) is 0 Å². The zero-order valence-electron chi connectivity index (χ0n) is 10.8. The summed E-state index contributed by atoms with van der Waals surface area (Å²) in [7, 11) is 0. The van der Waals surface area contributed by atoms with E-state index >= 15 is 0 Å². The number of likely N-dealkylation sites (tertiary alicyclic amines) is 1. The van der Waals surface area contributed by atoms with Gasteiger partial charge >= 0.3 is 0 Å². The van der Waals surface area contributed by atoms with Gasteiger partial charge in [0.05, 0.1) is 0 Å². The molecule has 0 bridgehead atoms. The summed E-state index contributed by atoms with van der Waals surface area (Å²) >= 11 is 3.51. The molecule has 0 saturated carbocycles. The predicted molar refractivity (Wildman–Crippen MR) is 81.2 cm³/mol. The van der Waals surface area contributed by atoms with E-state index in [9.17, 15) is 4.39 Å². The Morgan fingerprint density at radius 2 is 2.21 bits per heavy atom. The third-order valence-electron chi connectivity index (χ3n) is 4.25. The van der Waals surface area contributed by atoms with E-state index in [2.05, 4.69) is 26.1 Å². The van der Waals surface area contributed by atoms with E-state index in [1.807, 2.05) is 0 Å². The molecule has 2 aliphatic heterocycles. The number of rotatable bonds is 2. The van der Waals surface area contributed by atoms with Crippen molar-refractivity contribution in [3.63, 3.8) is 0 Å². The molecule has 106 valence electrons. The average Bonchev–Trinajstić information content (AvgIpc) is 2.95. The number of benzene rings is 1. The molecule has 0 amide bonds. The Morgan fingerprint density at radius 3 is 2.95 bits per heavy atom. The minimum Gasteiger partial charge on any atom is -0.316 e. The average molecular weight is 350 g/mol. The molecule has 19 heavy (non-hydrogen) atoms. The zero-order valence-corrected chi connectivity index (χ0v) is 13.2. The van der Waals surface area contributed by atoms with Crippen molar-refractivity contribution in [1.29, 1.82) is 0 Å². The van der Waals surface area contributed by atoms with Crippen LogP contribution in [0.4, 0.5) is 4.39 Å². The maximum absolute atomic E-state index is 13.3. The Labute approximate surface area is 128 Å². The molecule has 1 N–H and O–H groups in total. The molecule has 5 heteroatoms. The van der Waals surface area contributed by atoms with Gasteiger partial charge in [-0.05, 0) is 55.1 Å². The van der Waals surface area contributed by atoms with Crippen LogP contribution >= 0.6 is 28.3 Å². The SMILES string of the molecule is Cl.Fc1ccc(Br)c(CN2CCC3(CCNC3)C2)c1. The van der Waals surface area contributed by atoms with Gasteiger partial charge in [-0.1, -0.05) is 15.9 Å². The van der Waals surface area contributed by atoms with Crippen LogP contribution in [0.1, 0.15) is 18.4 Å². The van der Waals surface area contributed by atoms with Crippen molar-refractivity contribution in [1.82, 2.24) is 10.2 Å². The highest BCUT2D eigenvalue weighted by molar-refractivity contribution is 9.10. The van der Waals surface area contributed by atoms with Crippen molar-refractivity contribution in [2.75, 3.05) is 26.2 Å². The molecule has 2 saturated heterocycles. The minimum atomic E-state index is -0.148. The van der Waals surface area contributed by atoms with Crippen molar-refractivity contribution in [2.24, 2.45) is 5.41 Å². The summed E-state index contributed by atoms with van der Waals surface area (Å²) in [5.74, 6) is -0.148. The quantitative estimate of drug-likeness (QED) is 0.882. The van der Waals surface area contributed by atoms with Crippen LogP contribution in [-0.4, -0.2) is 31.1 Å². The Bertz CT molecular complexity index is 449. The molecule has 2 heterocycles. The molecular formula is C14H19BrClFN2. The van der Waals surface area contributed by atoms with Crippen molar-refractivity contribution >= 4 is 28.3 Å². The summed E-state index contributed by atoms with van der Waals surface area (Å²) in [6.45, 7) is 5.42. The molecule has 0 radical (unpaired) electrons. The largest absolute Gasteiger partial charge is 0.316 e. The van der Waals surface area contributed by atoms with E-state index in [-0.39, 0.29) is 18.2 Å². The molecule has 2 nitrogen and oxygen atoms in total. The molecule has 0 aromatic heterocycles. The molecule has 1 spiro atoms. The lowest BCUT2D eigenvalue weighted by atomic mass is 9.86. The lowest BCUT2D eigenvalue weighted by Gasteiger charge is -2.23. The van der Waals surface area contributed by atoms with Gasteiger partial charge in [0.25, 0.3) is 0 Å². The van der Waals surface area contributed by atoms with Gasteiger partial charge in [0.1, 0.15) is 5.82 Å². The van der Waals surface area contributed by atoms with Gasteiger partial charge in [-0.3, -0.25) is 4.90 Å². The maximum atomic E-state index is 13.3. The standard InChI is InChI=1S/C14H18BrFN2.ClH/c15-13-2-1-12(16)7-11(13)8-18-6-4-14(10-18)3-5-17-9-14;/h1-2,7,17H,3-6,8-10H2;1H. The summed E-state index contributed by atoms with van der Waals surface area (Å²) in [6, 6.07) is 4.94. The lowest BCUT2D eigenvalue weighted by Crippen LogP contribution is -2.29. The first-order valence-electron chi connectivity index (χ1n) is 6.54. The Hall–Kier alpha value is -0.160. The summed E-state index contributed by atoms with van der Waals surface area (Å²) in [5.41, 5.74) is 1.54. The third kappa shape index (κ3) is 3.30. The van der Waals surface area contributed by atoms with Crippen molar-refractivity contribution in [3.8, 4) is 0 Å². The molecular weight excluding hydrogens is 331 g/mol. The fraction of sp³-hybridized carbons (Fsp3) is 0.571. The van der Waals surface area contributed by atoms with E-state index in [1.165, 1.54) is 18.9 Å². The van der Waals surface area contributed by atoms with Gasteiger partial charge in [0.15, 0.2) is 0 Å². The molecule has 2 fully saturated rings. The number of nitrogens with zero attached hydrogens (tertiary/aromatic N) is 1. The zero-order chi connectivity index (χ0) is 12.6. The first kappa shape index (κ1) is 15.2. The first-order chi connectivity index (χ1) is 8.67. The molecule has 3 rings (SSSR count). The van der Waals surface area contributed by atoms with Crippen LogP contribution < -0.4 is 5.32 Å². The van der Waals surface area contributed by atoms with E-state index in [0.29, 0.717) is 5.41 Å². The molecule has 1 unspecified atom stereocenters. The van der Waals surface area contributed by atoms with Gasteiger partial charge in [-0.2, -0.15) is 0 Å². The normalized spacial score (nSPS) is 26.8. The Kier molecular flexibility index (Phi) is 4.88. The smallest absolute Gasteiger partial charge is 0.123 e. The molecule has 1 aromatic carbocycles. The Balaban J connectivity index is 0.00000133.